The van der Waals surface area contributed by atoms with Crippen molar-refractivity contribution < 1.29 is 65.9 Å². The van der Waals surface area contributed by atoms with E-state index >= 15 is 0 Å². The maximum Gasteiger partial charge on any atom is 0.200 e. The van der Waals surface area contributed by atoms with E-state index in [1.165, 1.54) is 16.5 Å². The first-order valence-corrected chi connectivity index (χ1v) is 27.4. The van der Waals surface area contributed by atoms with Gasteiger partial charge in [0.1, 0.15) is 34.9 Å². The molecular formula is C37H27BClF15GeN2Si2-. The van der Waals surface area contributed by atoms with Gasteiger partial charge in [0.2, 0.25) is 0 Å². The predicted octanol–water partition coefficient (Wildman–Crippen LogP) is 10.0. The second-order valence-electron chi connectivity index (χ2n) is 14.5. The third kappa shape index (κ3) is 9.14. The van der Waals surface area contributed by atoms with Crippen LogP contribution in [0.5, 0.6) is 0 Å². The summed E-state index contributed by atoms with van der Waals surface area (Å²) < 4.78 is 211. The Bertz CT molecular complexity index is 2180. The van der Waals surface area contributed by atoms with Crippen LogP contribution in [0.3, 0.4) is 0 Å². The normalized spacial score (nSPS) is 12.4. The molecule has 0 spiro atoms. The fraction of sp³-hybridized carbons (Fsp3) is 0.162. The predicted molar refractivity (Wildman–Crippen MR) is 201 cm³/mol. The average Bonchev–Trinajstić information content (AvgIpc) is 3.19. The van der Waals surface area contributed by atoms with Gasteiger partial charge in [-0.15, -0.1) is 0 Å². The van der Waals surface area contributed by atoms with Crippen LogP contribution >= 0.6 is 10.0 Å². The van der Waals surface area contributed by atoms with E-state index in [1.54, 1.807) is 0 Å². The summed E-state index contributed by atoms with van der Waals surface area (Å²) in [7, 11) is 3.34. The van der Waals surface area contributed by atoms with Crippen LogP contribution in [0.1, 0.15) is 11.3 Å². The van der Waals surface area contributed by atoms with Gasteiger partial charge in [0.25, 0.3) is 0 Å². The van der Waals surface area contributed by atoms with Gasteiger partial charge in [-0.1, -0.05) is 0 Å². The van der Waals surface area contributed by atoms with Gasteiger partial charge in [0.05, 0.1) is 0 Å². The molecule has 5 aromatic rings. The number of benzene rings is 4. The fourth-order valence-corrected chi connectivity index (χ4v) is 16.0. The van der Waals surface area contributed by atoms with E-state index in [1.807, 2.05) is 12.3 Å². The second-order valence-corrected chi connectivity index (χ2v) is 27.4. The smallest absolute Gasteiger partial charge is 0.200 e. The monoisotopic (exact) mass is 960 g/mol. The second kappa shape index (κ2) is 18.2. The quantitative estimate of drug-likeness (QED) is 0.0634. The van der Waals surface area contributed by atoms with Gasteiger partial charge in [0.15, 0.2) is 52.4 Å². The van der Waals surface area contributed by atoms with E-state index in [-0.39, 0.29) is 0 Å². The molecule has 22 heteroatoms. The molecule has 0 N–H and O–H groups in total. The molecule has 1 heterocycles. The number of hydrogen-bond donors (Lipinski definition) is 0. The summed E-state index contributed by atoms with van der Waals surface area (Å²) in [5.74, 6) is -45.2. The van der Waals surface area contributed by atoms with Crippen LogP contribution in [-0.4, -0.2) is 46.3 Å². The number of aromatic nitrogens is 1. The number of halogens is 16. The minimum absolute atomic E-state index is 0.732. The van der Waals surface area contributed by atoms with Gasteiger partial charge in [-0.05, 0) is 6.71 Å². The van der Waals surface area contributed by atoms with Crippen molar-refractivity contribution in [1.82, 2.24) is 8.51 Å². The minimum Gasteiger partial charge on any atom is -0.207 e. The molecule has 59 heavy (non-hydrogen) atoms. The van der Waals surface area contributed by atoms with Crippen molar-refractivity contribution in [2.75, 3.05) is 0 Å². The van der Waals surface area contributed by atoms with Crippen molar-refractivity contribution in [1.29, 1.82) is 0 Å². The molecule has 313 valence electrons. The number of rotatable bonds is 9. The first-order valence-electron chi connectivity index (χ1n) is 16.7. The van der Waals surface area contributed by atoms with Crippen molar-refractivity contribution >= 4 is 75.0 Å². The van der Waals surface area contributed by atoms with Gasteiger partial charge in [-0.3, -0.25) is 0 Å². The molecule has 0 unspecified atom stereocenters. The molecular weight excluding hydrogens is 932 g/mol. The molecule has 0 atom stereocenters. The number of pyridine rings is 1. The molecule has 0 aliphatic rings. The van der Waals surface area contributed by atoms with Gasteiger partial charge in [0, 0.05) is 0 Å². The Hall–Kier alpha value is -4.15. The van der Waals surface area contributed by atoms with E-state index in [0.29, 0.717) is 0 Å². The number of nitrogens with zero attached hydrogens (tertiary/aromatic N) is 2. The summed E-state index contributed by atoms with van der Waals surface area (Å²) in [5.41, 5.74) is -4.35. The Morgan fingerprint density at radius 3 is 1.08 bits per heavy atom. The molecule has 1 aromatic heterocycles. The molecule has 2 nitrogen and oxygen atoms in total. The maximum absolute atomic E-state index is 14.4. The van der Waals surface area contributed by atoms with Crippen molar-refractivity contribution in [3.05, 3.63) is 153 Å². The third-order valence-electron chi connectivity index (χ3n) is 8.53. The zero-order chi connectivity index (χ0) is 44.6. The molecule has 5 rings (SSSR count). The summed E-state index contributed by atoms with van der Waals surface area (Å²) in [6.45, 7) is 10.4. The zero-order valence-electron chi connectivity index (χ0n) is 31.2. The standard InChI is InChI=1S/C19H27ClGeN2Si2.C18BF15/c1-24(2,3)19(17-14-10-11-15-22-17)18(16-12-8-7-9-13-16)23(21-20)25(4,5)6;20-4-1(5(21)11(27)16(32)10(4)26)19(2-6(22)12(28)17(33)13(29)7(2)23)3-8(24)14(30)18(34)15(31)9(3)25/h7-15H,1-6H3;/q;-1/b19-18+;. The molecule has 0 fully saturated rings. The van der Waals surface area contributed by atoms with E-state index in [0.717, 1.165) is 5.69 Å². The van der Waals surface area contributed by atoms with Crippen LogP contribution < -0.4 is 16.4 Å². The fourth-order valence-electron chi connectivity index (χ4n) is 5.92. The summed E-state index contributed by atoms with van der Waals surface area (Å²) >= 11 is -0.732. The maximum atomic E-state index is 14.4. The largest absolute Gasteiger partial charge is 0.207 e. The molecule has 0 saturated carbocycles. The average molecular weight is 960 g/mol. The Kier molecular flexibility index (Phi) is 14.7. The minimum atomic E-state index is -3.96. The number of hydrogen-bond acceptors (Lipinski definition) is 2. The summed E-state index contributed by atoms with van der Waals surface area (Å²) in [4.78, 5) is 4.73. The van der Waals surface area contributed by atoms with E-state index in [9.17, 15) is 65.9 Å². The van der Waals surface area contributed by atoms with Gasteiger partial charge in [-0.2, -0.15) is 16.4 Å². The Morgan fingerprint density at radius 2 is 0.814 bits per heavy atom. The molecule has 0 amide bonds. The zero-order valence-corrected chi connectivity index (χ0v) is 36.1. The van der Waals surface area contributed by atoms with Crippen LogP contribution in [0.25, 0.3) is 10.9 Å². The van der Waals surface area contributed by atoms with Crippen LogP contribution in [0.2, 0.25) is 39.3 Å². The Morgan fingerprint density at radius 1 is 0.492 bits per heavy atom. The van der Waals surface area contributed by atoms with Crippen LogP contribution in [0.15, 0.2) is 54.7 Å². The van der Waals surface area contributed by atoms with Gasteiger partial charge >= 0.3 is 166 Å². The van der Waals surface area contributed by atoms with Gasteiger partial charge < -0.3 is 0 Å². The molecule has 4 aromatic carbocycles. The van der Waals surface area contributed by atoms with Crippen LogP contribution in [-0.2, 0) is 0 Å². The molecule has 0 aliphatic heterocycles. The van der Waals surface area contributed by atoms with Crippen molar-refractivity contribution in [3.63, 3.8) is 0 Å². The Balaban J connectivity index is 0.000000273. The topological polar surface area (TPSA) is 16.1 Å². The SMILES string of the molecule is C[Si](C)(C)/C(=C(\c1ccccc1)[N]([Ge][Cl])[Si](C)(C)C)c1ccccn1.Fc1c(F)c(F)c([B-](c2c(F)c(F)c(F)c(F)c2F)c2c(F)c(F)c(F)c(F)c2F)c(F)c1F. The molecule has 0 saturated heterocycles. The first kappa shape index (κ1) is 47.5. The van der Waals surface area contributed by atoms with Crippen LogP contribution in [0.4, 0.5) is 65.9 Å². The Labute approximate surface area is 340 Å². The molecule has 0 aliphatic carbocycles. The third-order valence-corrected chi connectivity index (χ3v) is 19.3. The van der Waals surface area contributed by atoms with Crippen molar-refractivity contribution in [2.45, 2.75) is 39.3 Å². The first-order chi connectivity index (χ1) is 27.3. The molecule has 3 radical (unpaired) electrons. The van der Waals surface area contributed by atoms with Gasteiger partial charge in [-0.25, -0.2) is 65.9 Å². The van der Waals surface area contributed by atoms with Crippen LogP contribution in [0, 0.1) is 87.3 Å². The summed E-state index contributed by atoms with van der Waals surface area (Å²) in [6, 6.07) is 17.0. The summed E-state index contributed by atoms with van der Waals surface area (Å²) in [6.07, 6.45) is 1.90. The van der Waals surface area contributed by atoms with Crippen molar-refractivity contribution in [3.8, 4) is 0 Å². The summed E-state index contributed by atoms with van der Waals surface area (Å²) in [5, 5.41) is 1.41. The van der Waals surface area contributed by atoms with Crippen molar-refractivity contribution in [2.24, 2.45) is 0 Å². The van der Waals surface area contributed by atoms with E-state index in [2.05, 4.69) is 85.3 Å². The molecule has 0 bridgehead atoms. The van der Waals surface area contributed by atoms with E-state index < -0.39 is 141 Å². The van der Waals surface area contributed by atoms with E-state index in [4.69, 9.17) is 15.0 Å².